The number of halogens is 1. The molecule has 12 aromatic rings. The van der Waals surface area contributed by atoms with Crippen LogP contribution in [0.5, 0.6) is 0 Å². The molecule has 0 bridgehead atoms. The Labute approximate surface area is 364 Å². The van der Waals surface area contributed by atoms with Gasteiger partial charge in [0.25, 0.3) is 0 Å². The van der Waals surface area contributed by atoms with E-state index in [1.54, 1.807) is 0 Å². The molecule has 61 heavy (non-hydrogen) atoms. The highest BCUT2D eigenvalue weighted by Crippen LogP contribution is 2.43. The average Bonchev–Trinajstić information content (AvgIpc) is 3.33. The summed E-state index contributed by atoms with van der Waals surface area (Å²) in [5.74, 6) is 0. The van der Waals surface area contributed by atoms with Gasteiger partial charge in [-0.1, -0.05) is 231 Å². The molecule has 0 aliphatic rings. The second-order valence-electron chi connectivity index (χ2n) is 15.7. The van der Waals surface area contributed by atoms with E-state index in [0.717, 1.165) is 4.47 Å². The molecule has 0 aromatic heterocycles. The van der Waals surface area contributed by atoms with E-state index in [1.807, 2.05) is 0 Å². The Morgan fingerprint density at radius 1 is 0.213 bits per heavy atom. The van der Waals surface area contributed by atoms with Gasteiger partial charge in [-0.3, -0.25) is 0 Å². The van der Waals surface area contributed by atoms with Gasteiger partial charge in [-0.15, -0.1) is 0 Å². The third-order valence-corrected chi connectivity index (χ3v) is 13.0. The molecule has 0 saturated carbocycles. The summed E-state index contributed by atoms with van der Waals surface area (Å²) in [6, 6.07) is 85.3. The van der Waals surface area contributed by atoms with Crippen LogP contribution in [0.3, 0.4) is 0 Å². The molecular formula is C60H39Br. The monoisotopic (exact) mass is 838 g/mol. The summed E-state index contributed by atoms with van der Waals surface area (Å²) >= 11 is 3.85. The van der Waals surface area contributed by atoms with Crippen LogP contribution < -0.4 is 0 Å². The summed E-state index contributed by atoms with van der Waals surface area (Å²) in [5, 5.41) is 15.3. The van der Waals surface area contributed by atoms with Crippen molar-refractivity contribution in [2.75, 3.05) is 0 Å². The Morgan fingerprint density at radius 3 is 0.934 bits per heavy atom. The van der Waals surface area contributed by atoms with E-state index in [-0.39, 0.29) is 0 Å². The first-order chi connectivity index (χ1) is 30.2. The van der Waals surface area contributed by atoms with Crippen LogP contribution in [0.15, 0.2) is 241 Å². The largest absolute Gasteiger partial charge is 0.0616 e. The molecular weight excluding hydrogens is 801 g/mol. The zero-order chi connectivity index (χ0) is 40.7. The smallest absolute Gasteiger partial charge is 0.0332 e. The van der Waals surface area contributed by atoms with E-state index in [0.29, 0.717) is 0 Å². The Balaban J connectivity index is 0.000000138. The lowest BCUT2D eigenvalue weighted by molar-refractivity contribution is 1.63. The minimum atomic E-state index is 1.16. The molecule has 0 amide bonds. The molecule has 0 unspecified atom stereocenters. The van der Waals surface area contributed by atoms with Crippen LogP contribution >= 0.6 is 15.9 Å². The molecule has 0 heterocycles. The maximum atomic E-state index is 3.85. The lowest BCUT2D eigenvalue weighted by Crippen LogP contribution is -1.88. The summed E-state index contributed by atoms with van der Waals surface area (Å²) in [7, 11) is 0. The maximum Gasteiger partial charge on any atom is 0.0332 e. The fourth-order valence-electron chi connectivity index (χ4n) is 9.30. The van der Waals surface area contributed by atoms with E-state index in [9.17, 15) is 0 Å². The quantitative estimate of drug-likeness (QED) is 0.155. The summed E-state index contributed by atoms with van der Waals surface area (Å²) in [5.41, 5.74) is 10.1. The van der Waals surface area contributed by atoms with Gasteiger partial charge < -0.3 is 0 Å². The first-order valence-electron chi connectivity index (χ1n) is 20.9. The molecule has 0 fully saturated rings. The number of fused-ring (bicyclic) bond motifs is 6. The fraction of sp³-hybridized carbons (Fsp3) is 0. The average molecular weight is 840 g/mol. The topological polar surface area (TPSA) is 0 Å². The van der Waals surface area contributed by atoms with Gasteiger partial charge >= 0.3 is 0 Å². The van der Waals surface area contributed by atoms with Crippen molar-refractivity contribution in [3.05, 3.63) is 241 Å². The van der Waals surface area contributed by atoms with Gasteiger partial charge in [0.15, 0.2) is 0 Å². The van der Waals surface area contributed by atoms with E-state index in [2.05, 4.69) is 253 Å². The second kappa shape index (κ2) is 15.7. The molecule has 0 N–H and O–H groups in total. The van der Waals surface area contributed by atoms with Crippen molar-refractivity contribution in [2.45, 2.75) is 0 Å². The zero-order valence-electron chi connectivity index (χ0n) is 33.4. The highest BCUT2D eigenvalue weighted by Gasteiger charge is 2.15. The van der Waals surface area contributed by atoms with Crippen molar-refractivity contribution in [3.63, 3.8) is 0 Å². The Bertz CT molecular complexity index is 3460. The van der Waals surface area contributed by atoms with Crippen molar-refractivity contribution in [3.8, 4) is 44.5 Å². The predicted octanol–water partition coefficient (Wildman–Crippen LogP) is 17.7. The molecule has 0 atom stereocenters. The molecule has 0 aliphatic carbocycles. The van der Waals surface area contributed by atoms with E-state index in [4.69, 9.17) is 0 Å². The lowest BCUT2D eigenvalue weighted by Gasteiger charge is -2.15. The number of benzene rings is 12. The SMILES string of the molecule is Brc1c2ccccc2c(-c2ccc(-c3cccc4ccccc34)cc2)c2ccccc12.c1ccc2c(-c3ccc(-c4c5ccccc5cc5ccccc45)cc3)cccc2c1. The van der Waals surface area contributed by atoms with Crippen LogP contribution in [0, 0.1) is 0 Å². The molecule has 0 nitrogen and oxygen atoms in total. The molecule has 0 aliphatic heterocycles. The summed E-state index contributed by atoms with van der Waals surface area (Å²) in [4.78, 5) is 0. The van der Waals surface area contributed by atoms with Gasteiger partial charge in [0, 0.05) is 4.47 Å². The third kappa shape index (κ3) is 6.65. The minimum Gasteiger partial charge on any atom is -0.0616 e. The highest BCUT2D eigenvalue weighted by atomic mass is 79.9. The van der Waals surface area contributed by atoms with Gasteiger partial charge in [-0.2, -0.15) is 0 Å². The molecule has 286 valence electrons. The molecule has 12 rings (SSSR count). The molecule has 0 spiro atoms. The highest BCUT2D eigenvalue weighted by molar-refractivity contribution is 9.10. The van der Waals surface area contributed by atoms with Crippen LogP contribution in [-0.4, -0.2) is 0 Å². The molecule has 0 radical (unpaired) electrons. The van der Waals surface area contributed by atoms with E-state index >= 15 is 0 Å². The Morgan fingerprint density at radius 2 is 0.508 bits per heavy atom. The normalized spacial score (nSPS) is 11.4. The zero-order valence-corrected chi connectivity index (χ0v) is 35.0. The number of hydrogen-bond acceptors (Lipinski definition) is 0. The lowest BCUT2D eigenvalue weighted by atomic mass is 9.90. The molecule has 0 saturated heterocycles. The minimum absolute atomic E-state index is 1.16. The Hall–Kier alpha value is -7.32. The van der Waals surface area contributed by atoms with Crippen LogP contribution in [0.4, 0.5) is 0 Å². The van der Waals surface area contributed by atoms with Crippen LogP contribution in [0.1, 0.15) is 0 Å². The third-order valence-electron chi connectivity index (χ3n) is 12.2. The van der Waals surface area contributed by atoms with Crippen LogP contribution in [0.2, 0.25) is 0 Å². The van der Waals surface area contributed by atoms with Gasteiger partial charge in [-0.25, -0.2) is 0 Å². The van der Waals surface area contributed by atoms with Crippen molar-refractivity contribution in [1.29, 1.82) is 0 Å². The van der Waals surface area contributed by atoms with Gasteiger partial charge in [-0.05, 0) is 131 Å². The molecule has 12 aromatic carbocycles. The van der Waals surface area contributed by atoms with Gasteiger partial charge in [0.05, 0.1) is 0 Å². The summed E-state index contributed by atoms with van der Waals surface area (Å²) in [6.07, 6.45) is 0. The standard InChI is InChI=1S/C30H19Br.C30H20/c31-30-27-13-5-3-11-25(27)29(26-12-4-6-14-28(26)30)22-18-16-21(17-19-22)24-15-7-9-20-8-1-2-10-23(20)24;1-4-12-26-21(8-1)11-7-15-27(26)22-16-18-23(19-17-22)30-28-13-5-2-9-24(28)20-25-10-3-6-14-29(25)30/h1-19H;1-20H. The summed E-state index contributed by atoms with van der Waals surface area (Å²) in [6.45, 7) is 0. The number of hydrogen-bond donors (Lipinski definition) is 0. The van der Waals surface area contributed by atoms with Crippen molar-refractivity contribution < 1.29 is 0 Å². The van der Waals surface area contributed by atoms with Crippen molar-refractivity contribution in [1.82, 2.24) is 0 Å². The fourth-order valence-corrected chi connectivity index (χ4v) is 9.99. The van der Waals surface area contributed by atoms with Crippen LogP contribution in [-0.2, 0) is 0 Å². The first-order valence-corrected chi connectivity index (χ1v) is 21.7. The number of rotatable bonds is 4. The van der Waals surface area contributed by atoms with E-state index < -0.39 is 0 Å². The second-order valence-corrected chi connectivity index (χ2v) is 16.5. The Kier molecular flexibility index (Phi) is 9.45. The maximum absolute atomic E-state index is 3.85. The van der Waals surface area contributed by atoms with Gasteiger partial charge in [0.2, 0.25) is 0 Å². The first kappa shape index (κ1) is 36.7. The van der Waals surface area contributed by atoms with E-state index in [1.165, 1.54) is 109 Å². The summed E-state index contributed by atoms with van der Waals surface area (Å²) < 4.78 is 1.16. The van der Waals surface area contributed by atoms with Crippen molar-refractivity contribution >= 4 is 80.6 Å². The predicted molar refractivity (Wildman–Crippen MR) is 267 cm³/mol. The molecule has 1 heteroatoms. The van der Waals surface area contributed by atoms with Crippen molar-refractivity contribution in [2.24, 2.45) is 0 Å². The van der Waals surface area contributed by atoms with Gasteiger partial charge in [0.1, 0.15) is 0 Å². The van der Waals surface area contributed by atoms with Crippen LogP contribution in [0.25, 0.3) is 109 Å².